The lowest BCUT2D eigenvalue weighted by atomic mass is 10.1. The van der Waals surface area contributed by atoms with Gasteiger partial charge in [0.1, 0.15) is 12.4 Å². The number of halogens is 1. The number of ether oxygens (including phenoxy) is 1. The van der Waals surface area contributed by atoms with E-state index in [-0.39, 0.29) is 16.5 Å². The van der Waals surface area contributed by atoms with Crippen LogP contribution in [0.2, 0.25) is 5.02 Å². The summed E-state index contributed by atoms with van der Waals surface area (Å²) >= 11 is 6.29. The fraction of sp³-hybridized carbons (Fsp3) is 0.480. The summed E-state index contributed by atoms with van der Waals surface area (Å²) in [6.45, 7) is 15.6. The van der Waals surface area contributed by atoms with Crippen LogP contribution in [0.4, 0.5) is 0 Å². The van der Waals surface area contributed by atoms with Gasteiger partial charge in [-0.3, -0.25) is 4.79 Å². The molecule has 5 nitrogen and oxygen atoms in total. The minimum Gasteiger partial charge on any atom is -0.492 e. The minimum atomic E-state index is 0.0105. The van der Waals surface area contributed by atoms with Crippen LogP contribution < -0.4 is 20.8 Å². The fourth-order valence-electron chi connectivity index (χ4n) is 3.59. The third-order valence-electron chi connectivity index (χ3n) is 5.02. The van der Waals surface area contributed by atoms with Crippen LogP contribution in [0.5, 0.6) is 5.75 Å². The van der Waals surface area contributed by atoms with E-state index in [1.165, 1.54) is 0 Å². The van der Waals surface area contributed by atoms with Gasteiger partial charge in [0, 0.05) is 52.6 Å². The van der Waals surface area contributed by atoms with E-state index >= 15 is 0 Å². The Hall–Kier alpha value is -2.08. The lowest BCUT2D eigenvalue weighted by molar-refractivity contribution is 0.291. The number of nitrogens with zero attached hydrogens (tertiary/aromatic N) is 1. The van der Waals surface area contributed by atoms with E-state index in [4.69, 9.17) is 16.3 Å². The quantitative estimate of drug-likeness (QED) is 0.400. The third kappa shape index (κ3) is 6.22. The molecule has 2 N–H and O–H groups in total. The van der Waals surface area contributed by atoms with Crippen LogP contribution in [-0.2, 0) is 6.54 Å². The molecule has 0 unspecified atom stereocenters. The largest absolute Gasteiger partial charge is 0.492 e. The first-order chi connectivity index (χ1) is 14.4. The third-order valence-corrected chi connectivity index (χ3v) is 5.25. The molecule has 3 aromatic rings. The summed E-state index contributed by atoms with van der Waals surface area (Å²) in [6, 6.07) is 11.2. The Morgan fingerprint density at radius 2 is 1.45 bits per heavy atom. The molecule has 0 amide bonds. The number of nitrogens with one attached hydrogen (secondary N) is 2. The second-order valence-electron chi connectivity index (χ2n) is 10.0. The van der Waals surface area contributed by atoms with Crippen molar-refractivity contribution >= 4 is 33.4 Å². The van der Waals surface area contributed by atoms with Gasteiger partial charge < -0.3 is 19.9 Å². The number of hydrogen-bond acceptors (Lipinski definition) is 4. The topological polar surface area (TPSA) is 55.3 Å². The summed E-state index contributed by atoms with van der Waals surface area (Å²) in [4.78, 5) is 13.1. The summed E-state index contributed by atoms with van der Waals surface area (Å²) in [5.74, 6) is 0.751. The smallest absolute Gasteiger partial charge is 0.197 e. The Morgan fingerprint density at radius 3 is 2.10 bits per heavy atom. The first-order valence-corrected chi connectivity index (χ1v) is 11.2. The van der Waals surface area contributed by atoms with Gasteiger partial charge in [-0.2, -0.15) is 0 Å². The molecule has 168 valence electrons. The van der Waals surface area contributed by atoms with Gasteiger partial charge in [-0.05, 0) is 71.9 Å². The van der Waals surface area contributed by atoms with Gasteiger partial charge in [0.25, 0.3) is 0 Å². The number of fused-ring (bicyclic) bond motifs is 2. The Morgan fingerprint density at radius 1 is 0.871 bits per heavy atom. The molecule has 0 spiro atoms. The van der Waals surface area contributed by atoms with Crippen molar-refractivity contribution in [2.75, 3.05) is 19.7 Å². The highest BCUT2D eigenvalue weighted by atomic mass is 35.5. The SMILES string of the molecule is CC(C)(C)NCCOc1ccc2c(=O)c3ccc(Cl)cc3n(CCNC(C)(C)C)c2c1. The van der Waals surface area contributed by atoms with Gasteiger partial charge in [0.2, 0.25) is 0 Å². The molecule has 3 rings (SSSR count). The van der Waals surface area contributed by atoms with E-state index in [1.54, 1.807) is 6.07 Å². The average molecular weight is 444 g/mol. The summed E-state index contributed by atoms with van der Waals surface area (Å²) < 4.78 is 8.14. The van der Waals surface area contributed by atoms with Crippen molar-refractivity contribution in [2.24, 2.45) is 0 Å². The molecule has 0 aliphatic carbocycles. The van der Waals surface area contributed by atoms with Crippen LogP contribution in [0, 0.1) is 0 Å². The predicted molar refractivity (Wildman–Crippen MR) is 132 cm³/mol. The first-order valence-electron chi connectivity index (χ1n) is 10.8. The van der Waals surface area contributed by atoms with Crippen LogP contribution in [0.25, 0.3) is 21.8 Å². The maximum atomic E-state index is 13.1. The zero-order chi connectivity index (χ0) is 22.8. The maximum absolute atomic E-state index is 13.1. The number of pyridine rings is 1. The molecule has 1 aromatic heterocycles. The van der Waals surface area contributed by atoms with Gasteiger partial charge in [-0.1, -0.05) is 11.6 Å². The summed E-state index contributed by atoms with van der Waals surface area (Å²) in [5, 5.41) is 8.92. The van der Waals surface area contributed by atoms with Gasteiger partial charge >= 0.3 is 0 Å². The Balaban J connectivity index is 2.00. The van der Waals surface area contributed by atoms with Crippen molar-refractivity contribution < 1.29 is 4.74 Å². The van der Waals surface area contributed by atoms with Gasteiger partial charge in [-0.25, -0.2) is 0 Å². The lowest BCUT2D eigenvalue weighted by Crippen LogP contribution is -2.38. The number of benzene rings is 2. The highest BCUT2D eigenvalue weighted by Crippen LogP contribution is 2.25. The minimum absolute atomic E-state index is 0.0105. The molecule has 0 radical (unpaired) electrons. The van der Waals surface area contributed by atoms with Crippen molar-refractivity contribution in [2.45, 2.75) is 59.2 Å². The summed E-state index contributed by atoms with van der Waals surface area (Å²) in [7, 11) is 0. The van der Waals surface area contributed by atoms with Crippen molar-refractivity contribution in [3.63, 3.8) is 0 Å². The highest BCUT2D eigenvalue weighted by Gasteiger charge is 2.14. The van der Waals surface area contributed by atoms with Gasteiger partial charge in [0.15, 0.2) is 5.43 Å². The van der Waals surface area contributed by atoms with E-state index in [1.807, 2.05) is 30.3 Å². The van der Waals surface area contributed by atoms with Crippen LogP contribution in [0.15, 0.2) is 41.2 Å². The molecule has 6 heteroatoms. The number of hydrogen-bond donors (Lipinski definition) is 2. The van der Waals surface area contributed by atoms with Crippen molar-refractivity contribution in [3.8, 4) is 5.75 Å². The molecular weight excluding hydrogens is 410 g/mol. The molecule has 0 bridgehead atoms. The number of aromatic nitrogens is 1. The molecule has 0 fully saturated rings. The normalized spacial score (nSPS) is 12.6. The Kier molecular flexibility index (Phi) is 6.99. The first kappa shape index (κ1) is 23.6. The summed E-state index contributed by atoms with van der Waals surface area (Å²) in [6.07, 6.45) is 0. The van der Waals surface area contributed by atoms with E-state index in [0.29, 0.717) is 28.9 Å². The van der Waals surface area contributed by atoms with Gasteiger partial charge in [0.05, 0.1) is 11.0 Å². The summed E-state index contributed by atoms with van der Waals surface area (Å²) in [5.41, 5.74) is 1.77. The van der Waals surface area contributed by atoms with Crippen molar-refractivity contribution in [1.82, 2.24) is 15.2 Å². The molecule has 0 saturated heterocycles. The lowest BCUT2D eigenvalue weighted by Gasteiger charge is -2.23. The van der Waals surface area contributed by atoms with Crippen LogP contribution in [0.1, 0.15) is 41.5 Å². The second-order valence-corrected chi connectivity index (χ2v) is 10.5. The van der Waals surface area contributed by atoms with E-state index in [0.717, 1.165) is 29.9 Å². The maximum Gasteiger partial charge on any atom is 0.197 e. The zero-order valence-corrected chi connectivity index (χ0v) is 20.2. The fourth-order valence-corrected chi connectivity index (χ4v) is 3.76. The molecule has 0 aliphatic heterocycles. The second kappa shape index (κ2) is 9.19. The molecule has 2 aromatic carbocycles. The van der Waals surface area contributed by atoms with Crippen LogP contribution in [0.3, 0.4) is 0 Å². The van der Waals surface area contributed by atoms with Crippen molar-refractivity contribution in [3.05, 3.63) is 51.6 Å². The van der Waals surface area contributed by atoms with E-state index in [9.17, 15) is 4.79 Å². The highest BCUT2D eigenvalue weighted by molar-refractivity contribution is 6.31. The molecule has 0 atom stereocenters. The van der Waals surface area contributed by atoms with Crippen LogP contribution >= 0.6 is 11.6 Å². The van der Waals surface area contributed by atoms with E-state index < -0.39 is 0 Å². The molecule has 0 aliphatic rings. The predicted octanol–water partition coefficient (Wildman–Crippen LogP) is 4.96. The average Bonchev–Trinajstić information content (AvgIpc) is 2.66. The standard InChI is InChI=1S/C25H34ClN3O2/c1-24(2,3)27-11-13-29-21-15-17(26)7-9-19(21)23(30)20-10-8-18(16-22(20)29)31-14-12-28-25(4,5)6/h7-10,15-16,27-28H,11-14H2,1-6H3. The zero-order valence-electron chi connectivity index (χ0n) is 19.4. The molecular formula is C25H34ClN3O2. The monoisotopic (exact) mass is 443 g/mol. The molecule has 0 saturated carbocycles. The molecule has 31 heavy (non-hydrogen) atoms. The number of rotatable bonds is 7. The Bertz CT molecular complexity index is 1120. The van der Waals surface area contributed by atoms with Gasteiger partial charge in [-0.15, -0.1) is 0 Å². The van der Waals surface area contributed by atoms with E-state index in [2.05, 4.69) is 56.7 Å². The Labute approximate surface area is 189 Å². The molecule has 1 heterocycles. The van der Waals surface area contributed by atoms with Crippen LogP contribution in [-0.4, -0.2) is 35.3 Å². The van der Waals surface area contributed by atoms with Crippen molar-refractivity contribution in [1.29, 1.82) is 0 Å².